The fourth-order valence-corrected chi connectivity index (χ4v) is 3.49. The number of rotatable bonds is 4. The number of hydrogen-bond acceptors (Lipinski definition) is 5. The summed E-state index contributed by atoms with van der Waals surface area (Å²) in [6, 6.07) is 0. The maximum atomic E-state index is 5.20. The Morgan fingerprint density at radius 3 is 2.74 bits per heavy atom. The average molecular weight is 295 g/mol. The number of aromatic nitrogens is 4. The monoisotopic (exact) mass is 295 g/mol. The summed E-state index contributed by atoms with van der Waals surface area (Å²) >= 11 is 6.93. The summed E-state index contributed by atoms with van der Waals surface area (Å²) in [6.45, 7) is 0.874. The molecule has 7 heteroatoms. The van der Waals surface area contributed by atoms with Crippen LogP contribution in [0.3, 0.4) is 0 Å². The number of nitrogens with one attached hydrogen (secondary N) is 1. The van der Waals surface area contributed by atoms with E-state index in [1.165, 1.54) is 23.4 Å². The molecule has 0 amide bonds. The van der Waals surface area contributed by atoms with Gasteiger partial charge in [-0.3, -0.25) is 5.10 Å². The minimum Gasteiger partial charge on any atom is -0.303 e. The Bertz CT molecular complexity index is 647. The van der Waals surface area contributed by atoms with E-state index in [0.29, 0.717) is 10.7 Å². The van der Waals surface area contributed by atoms with Crippen LogP contribution in [0.25, 0.3) is 10.7 Å². The van der Waals surface area contributed by atoms with Crippen LogP contribution in [0.15, 0.2) is 0 Å². The van der Waals surface area contributed by atoms with Gasteiger partial charge in [0.15, 0.2) is 10.6 Å². The van der Waals surface area contributed by atoms with E-state index in [1.54, 1.807) is 11.3 Å². The van der Waals surface area contributed by atoms with Gasteiger partial charge in [0, 0.05) is 19.5 Å². The Morgan fingerprint density at radius 1 is 1.47 bits per heavy atom. The lowest BCUT2D eigenvalue weighted by Crippen LogP contribution is -2.10. The molecule has 3 rings (SSSR count). The second kappa shape index (κ2) is 4.81. The lowest BCUT2D eigenvalue weighted by Gasteiger charge is -2.04. The minimum absolute atomic E-state index is 0.618. The van der Waals surface area contributed by atoms with E-state index in [4.69, 9.17) is 17.2 Å². The number of nitrogens with zero attached hydrogens (tertiary/aromatic N) is 4. The summed E-state index contributed by atoms with van der Waals surface area (Å²) in [4.78, 5) is 8.13. The zero-order valence-electron chi connectivity index (χ0n) is 11.3. The van der Waals surface area contributed by atoms with Crippen LogP contribution in [0.5, 0.6) is 0 Å². The highest BCUT2D eigenvalue weighted by Crippen LogP contribution is 2.45. The van der Waals surface area contributed by atoms with Gasteiger partial charge in [-0.15, -0.1) is 11.3 Å². The average Bonchev–Trinajstić information content (AvgIpc) is 3.03. The Hall–Kier alpha value is -1.05. The zero-order chi connectivity index (χ0) is 13.6. The van der Waals surface area contributed by atoms with Gasteiger partial charge in [-0.1, -0.05) is 0 Å². The molecule has 0 unspecified atom stereocenters. The first-order valence-corrected chi connectivity index (χ1v) is 7.55. The summed E-state index contributed by atoms with van der Waals surface area (Å²) in [5.41, 5.74) is 1.21. The number of hydrogen-bond donors (Lipinski definition) is 1. The Balaban J connectivity index is 2.06. The third-order valence-corrected chi connectivity index (χ3v) is 4.61. The van der Waals surface area contributed by atoms with Crippen molar-refractivity contribution in [3.05, 3.63) is 15.5 Å². The molecular weight excluding hydrogens is 278 g/mol. The van der Waals surface area contributed by atoms with Crippen LogP contribution >= 0.6 is 23.6 Å². The van der Waals surface area contributed by atoms with Crippen LogP contribution in [0, 0.1) is 4.77 Å². The SMILES string of the molecule is CN(C)Cc1nc(C2CC2)c(-c2n[nH]c(=S)n2C)s1. The maximum Gasteiger partial charge on any atom is 0.195 e. The molecule has 0 radical (unpaired) electrons. The number of H-pyrrole nitrogens is 1. The highest BCUT2D eigenvalue weighted by Gasteiger charge is 2.31. The molecule has 1 N–H and O–H groups in total. The summed E-state index contributed by atoms with van der Waals surface area (Å²) in [5.74, 6) is 1.53. The van der Waals surface area contributed by atoms with Gasteiger partial charge in [0.25, 0.3) is 0 Å². The summed E-state index contributed by atoms with van der Waals surface area (Å²) in [7, 11) is 6.07. The second-order valence-electron chi connectivity index (χ2n) is 5.25. The Kier molecular flexibility index (Phi) is 3.28. The molecule has 2 aromatic rings. The molecule has 19 heavy (non-hydrogen) atoms. The molecule has 0 atom stereocenters. The van der Waals surface area contributed by atoms with Crippen molar-refractivity contribution in [1.29, 1.82) is 0 Å². The molecule has 1 saturated carbocycles. The van der Waals surface area contributed by atoms with Gasteiger partial charge in [0.1, 0.15) is 5.01 Å². The normalized spacial score (nSPS) is 15.4. The predicted molar refractivity (Wildman–Crippen MR) is 78.9 cm³/mol. The molecule has 0 bridgehead atoms. The van der Waals surface area contributed by atoms with Gasteiger partial charge in [-0.25, -0.2) is 4.98 Å². The lowest BCUT2D eigenvalue weighted by atomic mass is 10.2. The maximum absolute atomic E-state index is 5.20. The first-order chi connectivity index (χ1) is 9.06. The first-order valence-electron chi connectivity index (χ1n) is 6.32. The minimum atomic E-state index is 0.618. The molecule has 0 aliphatic heterocycles. The largest absolute Gasteiger partial charge is 0.303 e. The molecule has 1 fully saturated rings. The van der Waals surface area contributed by atoms with Crippen molar-refractivity contribution in [2.24, 2.45) is 7.05 Å². The topological polar surface area (TPSA) is 49.7 Å². The number of thiazole rings is 1. The van der Waals surface area contributed by atoms with Crippen molar-refractivity contribution in [3.8, 4) is 10.7 Å². The van der Waals surface area contributed by atoms with Crippen LogP contribution in [0.2, 0.25) is 0 Å². The highest BCUT2D eigenvalue weighted by molar-refractivity contribution is 7.71. The molecule has 102 valence electrons. The fraction of sp³-hybridized carbons (Fsp3) is 0.583. The van der Waals surface area contributed by atoms with Crippen molar-refractivity contribution in [2.75, 3.05) is 14.1 Å². The predicted octanol–water partition coefficient (Wildman–Crippen LogP) is 2.54. The third-order valence-electron chi connectivity index (χ3n) is 3.20. The van der Waals surface area contributed by atoms with Crippen LogP contribution in [-0.4, -0.2) is 38.7 Å². The molecule has 1 aliphatic rings. The van der Waals surface area contributed by atoms with Crippen molar-refractivity contribution >= 4 is 23.6 Å². The van der Waals surface area contributed by atoms with E-state index < -0.39 is 0 Å². The summed E-state index contributed by atoms with van der Waals surface area (Å²) in [6.07, 6.45) is 2.49. The van der Waals surface area contributed by atoms with Gasteiger partial charge in [0.2, 0.25) is 0 Å². The van der Waals surface area contributed by atoms with Crippen molar-refractivity contribution in [1.82, 2.24) is 24.6 Å². The molecule has 1 aliphatic carbocycles. The zero-order valence-corrected chi connectivity index (χ0v) is 12.9. The van der Waals surface area contributed by atoms with Crippen LogP contribution < -0.4 is 0 Å². The Labute approximate surface area is 121 Å². The van der Waals surface area contributed by atoms with E-state index in [1.807, 2.05) is 11.6 Å². The van der Waals surface area contributed by atoms with Gasteiger partial charge >= 0.3 is 0 Å². The molecule has 0 aromatic carbocycles. The van der Waals surface area contributed by atoms with E-state index in [9.17, 15) is 0 Å². The van der Waals surface area contributed by atoms with Crippen LogP contribution in [0.1, 0.15) is 29.5 Å². The summed E-state index contributed by atoms with van der Waals surface area (Å²) < 4.78 is 2.58. The summed E-state index contributed by atoms with van der Waals surface area (Å²) in [5, 5.41) is 8.36. The van der Waals surface area contributed by atoms with Crippen LogP contribution in [-0.2, 0) is 13.6 Å². The molecule has 0 spiro atoms. The van der Waals surface area contributed by atoms with Crippen molar-refractivity contribution < 1.29 is 0 Å². The molecule has 5 nitrogen and oxygen atoms in total. The van der Waals surface area contributed by atoms with E-state index in [-0.39, 0.29) is 0 Å². The fourth-order valence-electron chi connectivity index (χ4n) is 2.06. The third kappa shape index (κ3) is 2.50. The molecule has 2 aromatic heterocycles. The highest BCUT2D eigenvalue weighted by atomic mass is 32.1. The lowest BCUT2D eigenvalue weighted by molar-refractivity contribution is 0.401. The first kappa shape index (κ1) is 13.0. The van der Waals surface area contributed by atoms with Crippen LogP contribution in [0.4, 0.5) is 0 Å². The smallest absolute Gasteiger partial charge is 0.195 e. The number of aromatic amines is 1. The standard InChI is InChI=1S/C12H17N5S2/c1-16(2)6-8-13-9(7-4-5-7)10(19-8)11-14-15-12(18)17(11)3/h7H,4-6H2,1-3H3,(H,15,18). The van der Waals surface area contributed by atoms with Gasteiger partial charge in [-0.05, 0) is 39.2 Å². The molecule has 2 heterocycles. The molecule has 0 saturated heterocycles. The quantitative estimate of drug-likeness (QED) is 0.881. The van der Waals surface area contributed by atoms with E-state index in [2.05, 4.69) is 29.2 Å². The second-order valence-corrected chi connectivity index (χ2v) is 6.72. The van der Waals surface area contributed by atoms with E-state index >= 15 is 0 Å². The van der Waals surface area contributed by atoms with Gasteiger partial charge < -0.3 is 9.47 Å². The van der Waals surface area contributed by atoms with Gasteiger partial charge in [0.05, 0.1) is 10.6 Å². The van der Waals surface area contributed by atoms with Crippen molar-refractivity contribution in [3.63, 3.8) is 0 Å². The van der Waals surface area contributed by atoms with E-state index in [0.717, 1.165) is 17.4 Å². The van der Waals surface area contributed by atoms with Gasteiger partial charge in [-0.2, -0.15) is 5.10 Å². The van der Waals surface area contributed by atoms with Crippen molar-refractivity contribution in [2.45, 2.75) is 25.3 Å². The Morgan fingerprint density at radius 2 is 2.21 bits per heavy atom. The molecular formula is C12H17N5S2.